The molecule has 3 heterocycles. The van der Waals surface area contributed by atoms with E-state index in [-0.39, 0.29) is 5.91 Å². The van der Waals surface area contributed by atoms with E-state index in [4.69, 9.17) is 0 Å². The summed E-state index contributed by atoms with van der Waals surface area (Å²) in [5, 5.41) is 7.84. The molecular weight excluding hydrogens is 252 g/mol. The Morgan fingerprint density at radius 3 is 2.30 bits per heavy atom. The molecule has 2 saturated heterocycles. The molecule has 0 aromatic carbocycles. The summed E-state index contributed by atoms with van der Waals surface area (Å²) in [5.41, 5.74) is 2.62. The first-order valence-electron chi connectivity index (χ1n) is 7.58. The molecule has 5 heteroatoms. The van der Waals surface area contributed by atoms with Crippen LogP contribution in [-0.2, 0) is 7.05 Å². The monoisotopic (exact) mass is 276 g/mol. The van der Waals surface area contributed by atoms with Crippen LogP contribution >= 0.6 is 0 Å². The third-order valence-corrected chi connectivity index (χ3v) is 5.03. The minimum atomic E-state index is 0.168. The third kappa shape index (κ3) is 2.24. The average Bonchev–Trinajstić information content (AvgIpc) is 2.88. The number of aromatic nitrogens is 2. The van der Waals surface area contributed by atoms with Crippen molar-refractivity contribution in [1.82, 2.24) is 20.0 Å². The highest BCUT2D eigenvalue weighted by Gasteiger charge is 2.32. The summed E-state index contributed by atoms with van der Waals surface area (Å²) >= 11 is 0. The largest absolute Gasteiger partial charge is 0.339 e. The number of fused-ring (bicyclic) bond motifs is 1. The van der Waals surface area contributed by atoms with E-state index in [0.717, 1.165) is 67.8 Å². The summed E-state index contributed by atoms with van der Waals surface area (Å²) in [4.78, 5) is 14.8. The molecule has 0 unspecified atom stereocenters. The molecule has 1 aromatic heterocycles. The highest BCUT2D eigenvalue weighted by atomic mass is 16.2. The van der Waals surface area contributed by atoms with Crippen LogP contribution in [0, 0.1) is 25.7 Å². The predicted molar refractivity (Wildman–Crippen MR) is 77.7 cm³/mol. The van der Waals surface area contributed by atoms with Crippen molar-refractivity contribution in [3.05, 3.63) is 17.0 Å². The molecule has 0 saturated carbocycles. The van der Waals surface area contributed by atoms with E-state index < -0.39 is 0 Å². The number of carbonyl (C=O) groups excluding carboxylic acids is 1. The van der Waals surface area contributed by atoms with Gasteiger partial charge in [-0.2, -0.15) is 5.10 Å². The fraction of sp³-hybridized carbons (Fsp3) is 0.733. The number of nitrogens with zero attached hydrogens (tertiary/aromatic N) is 3. The fourth-order valence-electron chi connectivity index (χ4n) is 3.66. The van der Waals surface area contributed by atoms with Gasteiger partial charge in [0, 0.05) is 25.8 Å². The Balaban J connectivity index is 1.77. The molecule has 3 rings (SSSR count). The second-order valence-corrected chi connectivity index (χ2v) is 6.22. The van der Waals surface area contributed by atoms with E-state index in [2.05, 4.69) is 10.4 Å². The van der Waals surface area contributed by atoms with Crippen molar-refractivity contribution in [2.75, 3.05) is 26.2 Å². The van der Waals surface area contributed by atoms with Gasteiger partial charge in [-0.25, -0.2) is 0 Å². The van der Waals surface area contributed by atoms with Crippen molar-refractivity contribution >= 4 is 5.91 Å². The molecule has 0 bridgehead atoms. The molecule has 1 amide bonds. The Labute approximate surface area is 120 Å². The van der Waals surface area contributed by atoms with Crippen molar-refractivity contribution in [2.45, 2.75) is 26.7 Å². The van der Waals surface area contributed by atoms with Crippen LogP contribution < -0.4 is 5.32 Å². The Morgan fingerprint density at radius 1 is 1.20 bits per heavy atom. The van der Waals surface area contributed by atoms with E-state index >= 15 is 0 Å². The molecule has 0 spiro atoms. The molecule has 5 nitrogen and oxygen atoms in total. The van der Waals surface area contributed by atoms with Gasteiger partial charge < -0.3 is 10.2 Å². The first-order valence-corrected chi connectivity index (χ1v) is 7.58. The fourth-order valence-corrected chi connectivity index (χ4v) is 3.66. The van der Waals surface area contributed by atoms with Crippen molar-refractivity contribution in [3.63, 3.8) is 0 Å². The van der Waals surface area contributed by atoms with Gasteiger partial charge in [-0.3, -0.25) is 9.48 Å². The minimum Gasteiger partial charge on any atom is -0.339 e. The summed E-state index contributed by atoms with van der Waals surface area (Å²) in [6.45, 7) is 7.92. The number of rotatable bonds is 1. The molecule has 1 N–H and O–H groups in total. The quantitative estimate of drug-likeness (QED) is 0.836. The van der Waals surface area contributed by atoms with Crippen LogP contribution in [0.1, 0.15) is 34.6 Å². The molecule has 0 radical (unpaired) electrons. The van der Waals surface area contributed by atoms with Crippen LogP contribution in [0.15, 0.2) is 0 Å². The van der Waals surface area contributed by atoms with E-state index in [1.165, 1.54) is 0 Å². The second kappa shape index (κ2) is 5.20. The van der Waals surface area contributed by atoms with Crippen LogP contribution in [-0.4, -0.2) is 46.8 Å². The normalized spacial score (nSPS) is 26.4. The predicted octanol–water partition coefficient (Wildman–Crippen LogP) is 1.11. The summed E-state index contributed by atoms with van der Waals surface area (Å²) in [6, 6.07) is 0. The van der Waals surface area contributed by atoms with Crippen LogP contribution in [0.25, 0.3) is 0 Å². The number of hydrogen-bond acceptors (Lipinski definition) is 3. The lowest BCUT2D eigenvalue weighted by atomic mass is 9.92. The maximum absolute atomic E-state index is 12.8. The SMILES string of the molecule is Cc1nn(C)c(C)c1C(=O)N1CC[C@@H]2CNC[C@@H]2CC1. The van der Waals surface area contributed by atoms with Gasteiger partial charge in [-0.05, 0) is 51.6 Å². The number of amides is 1. The van der Waals surface area contributed by atoms with Gasteiger partial charge in [-0.15, -0.1) is 0 Å². The zero-order valence-corrected chi connectivity index (χ0v) is 12.6. The summed E-state index contributed by atoms with van der Waals surface area (Å²) < 4.78 is 1.80. The van der Waals surface area contributed by atoms with Crippen LogP contribution in [0.4, 0.5) is 0 Å². The third-order valence-electron chi connectivity index (χ3n) is 5.03. The minimum absolute atomic E-state index is 0.168. The summed E-state index contributed by atoms with van der Waals surface area (Å²) in [5.74, 6) is 1.67. The highest BCUT2D eigenvalue weighted by molar-refractivity contribution is 5.96. The Morgan fingerprint density at radius 2 is 1.80 bits per heavy atom. The lowest BCUT2D eigenvalue weighted by Gasteiger charge is -2.21. The topological polar surface area (TPSA) is 50.2 Å². The van der Waals surface area contributed by atoms with Gasteiger partial charge in [0.1, 0.15) is 0 Å². The molecule has 2 atom stereocenters. The van der Waals surface area contributed by atoms with Gasteiger partial charge in [-0.1, -0.05) is 0 Å². The molecular formula is C15H24N4O. The lowest BCUT2D eigenvalue weighted by molar-refractivity contribution is 0.0757. The first kappa shape index (κ1) is 13.6. The van der Waals surface area contributed by atoms with Gasteiger partial charge in [0.2, 0.25) is 0 Å². The second-order valence-electron chi connectivity index (χ2n) is 6.22. The molecule has 1 aromatic rings. The van der Waals surface area contributed by atoms with Gasteiger partial charge in [0.25, 0.3) is 5.91 Å². The molecule has 110 valence electrons. The number of likely N-dealkylation sites (tertiary alicyclic amines) is 1. The number of carbonyl (C=O) groups is 1. The van der Waals surface area contributed by atoms with E-state index in [1.54, 1.807) is 4.68 Å². The first-order chi connectivity index (χ1) is 9.58. The molecule has 2 fully saturated rings. The summed E-state index contributed by atoms with van der Waals surface area (Å²) in [6.07, 6.45) is 2.25. The van der Waals surface area contributed by atoms with Crippen molar-refractivity contribution in [1.29, 1.82) is 0 Å². The van der Waals surface area contributed by atoms with E-state index in [1.807, 2.05) is 25.8 Å². The smallest absolute Gasteiger partial charge is 0.257 e. The number of nitrogens with one attached hydrogen (secondary N) is 1. The van der Waals surface area contributed by atoms with Crippen molar-refractivity contribution in [2.24, 2.45) is 18.9 Å². The number of aryl methyl sites for hydroxylation is 2. The maximum Gasteiger partial charge on any atom is 0.257 e. The molecule has 2 aliphatic heterocycles. The molecule has 0 aliphatic carbocycles. The highest BCUT2D eigenvalue weighted by Crippen LogP contribution is 2.28. The standard InChI is InChI=1S/C15H24N4O/c1-10-14(11(2)18(3)17-10)15(20)19-6-4-12-8-16-9-13(12)5-7-19/h12-13,16H,4-9H2,1-3H3/t12-,13+. The maximum atomic E-state index is 12.8. The zero-order chi connectivity index (χ0) is 14.3. The summed E-state index contributed by atoms with van der Waals surface area (Å²) in [7, 11) is 1.90. The average molecular weight is 276 g/mol. The van der Waals surface area contributed by atoms with Crippen LogP contribution in [0.2, 0.25) is 0 Å². The van der Waals surface area contributed by atoms with Crippen LogP contribution in [0.5, 0.6) is 0 Å². The van der Waals surface area contributed by atoms with Crippen molar-refractivity contribution in [3.8, 4) is 0 Å². The van der Waals surface area contributed by atoms with Crippen LogP contribution in [0.3, 0.4) is 0 Å². The Kier molecular flexibility index (Phi) is 3.54. The Hall–Kier alpha value is -1.36. The number of hydrogen-bond donors (Lipinski definition) is 1. The molecule has 20 heavy (non-hydrogen) atoms. The van der Waals surface area contributed by atoms with Gasteiger partial charge in [0.05, 0.1) is 11.3 Å². The van der Waals surface area contributed by atoms with E-state index in [9.17, 15) is 4.79 Å². The molecule has 2 aliphatic rings. The zero-order valence-electron chi connectivity index (χ0n) is 12.6. The van der Waals surface area contributed by atoms with Crippen molar-refractivity contribution < 1.29 is 4.79 Å². The van der Waals surface area contributed by atoms with Gasteiger partial charge in [0.15, 0.2) is 0 Å². The lowest BCUT2D eigenvalue weighted by Crippen LogP contribution is -2.33. The van der Waals surface area contributed by atoms with Gasteiger partial charge >= 0.3 is 0 Å². The van der Waals surface area contributed by atoms with E-state index in [0.29, 0.717) is 0 Å². The Bertz CT molecular complexity index is 508.